The molecule has 0 radical (unpaired) electrons. The predicted octanol–water partition coefficient (Wildman–Crippen LogP) is 0.479. The minimum atomic E-state index is -0.514. The van der Waals surface area contributed by atoms with Gasteiger partial charge in [0.15, 0.2) is 0 Å². The van der Waals surface area contributed by atoms with Crippen molar-refractivity contribution < 1.29 is 4.79 Å². The molecule has 1 aromatic carbocycles. The summed E-state index contributed by atoms with van der Waals surface area (Å²) in [5, 5.41) is 12.1. The number of nitrogens with two attached hydrogens (primary N) is 1. The second-order valence-electron chi connectivity index (χ2n) is 3.12. The molecule has 2 N–H and O–H groups in total. The largest absolute Gasteiger partial charge is 0.368 e. The second-order valence-corrected chi connectivity index (χ2v) is 3.55. The molecule has 82 valence electrons. The highest BCUT2D eigenvalue weighted by Crippen LogP contribution is 2.16. The molecule has 0 spiro atoms. The highest BCUT2D eigenvalue weighted by Gasteiger charge is 2.06. The average molecular weight is 238 g/mol. The van der Waals surface area contributed by atoms with E-state index in [0.717, 1.165) is 10.4 Å². The Kier molecular flexibility index (Phi) is 2.82. The molecule has 16 heavy (non-hydrogen) atoms. The maximum atomic E-state index is 10.6. The summed E-state index contributed by atoms with van der Waals surface area (Å²) < 4.78 is 0. The molecular weight excluding hydrogens is 230 g/mol. The molecule has 2 aromatic rings. The minimum Gasteiger partial charge on any atom is -0.368 e. The van der Waals surface area contributed by atoms with Crippen LogP contribution >= 0.6 is 11.6 Å². The smallest absolute Gasteiger partial charge is 0.241 e. The van der Waals surface area contributed by atoms with Gasteiger partial charge in [-0.3, -0.25) is 4.79 Å². The number of benzene rings is 1. The molecule has 0 aliphatic rings. The fraction of sp³-hybridized carbons (Fsp3) is 0.111. The van der Waals surface area contributed by atoms with E-state index in [2.05, 4.69) is 15.4 Å². The number of amides is 1. The Hall–Kier alpha value is -1.95. The molecule has 0 aliphatic heterocycles. The zero-order valence-electron chi connectivity index (χ0n) is 8.17. The lowest BCUT2D eigenvalue weighted by atomic mass is 10.2. The van der Waals surface area contributed by atoms with Crippen molar-refractivity contribution in [3.05, 3.63) is 29.3 Å². The van der Waals surface area contributed by atoms with Gasteiger partial charge >= 0.3 is 0 Å². The van der Waals surface area contributed by atoms with Gasteiger partial charge in [0.1, 0.15) is 6.54 Å². The third kappa shape index (κ3) is 2.34. The number of carbonyl (C=O) groups excluding carboxylic acids is 1. The maximum absolute atomic E-state index is 10.6. The van der Waals surface area contributed by atoms with Gasteiger partial charge in [-0.15, -0.1) is 10.2 Å². The predicted molar refractivity (Wildman–Crippen MR) is 57.5 cm³/mol. The van der Waals surface area contributed by atoms with Crippen molar-refractivity contribution in [3.63, 3.8) is 0 Å². The summed E-state index contributed by atoms with van der Waals surface area (Å²) in [4.78, 5) is 11.8. The van der Waals surface area contributed by atoms with Crippen molar-refractivity contribution in [2.75, 3.05) is 0 Å². The first-order chi connectivity index (χ1) is 7.65. The van der Waals surface area contributed by atoms with Crippen molar-refractivity contribution in [2.24, 2.45) is 5.73 Å². The molecule has 0 bridgehead atoms. The lowest BCUT2D eigenvalue weighted by Crippen LogP contribution is -2.20. The summed E-state index contributed by atoms with van der Waals surface area (Å²) >= 11 is 5.75. The molecule has 7 heteroatoms. The van der Waals surface area contributed by atoms with Crippen LogP contribution in [0.1, 0.15) is 0 Å². The monoisotopic (exact) mass is 237 g/mol. The van der Waals surface area contributed by atoms with Crippen LogP contribution < -0.4 is 5.73 Å². The summed E-state index contributed by atoms with van der Waals surface area (Å²) in [6, 6.07) is 7.00. The van der Waals surface area contributed by atoms with Crippen LogP contribution in [0.4, 0.5) is 0 Å². The first-order valence-electron chi connectivity index (χ1n) is 4.47. The van der Waals surface area contributed by atoms with Crippen LogP contribution in [0.5, 0.6) is 0 Å². The van der Waals surface area contributed by atoms with E-state index in [-0.39, 0.29) is 6.54 Å². The lowest BCUT2D eigenvalue weighted by Gasteiger charge is -1.94. The molecule has 0 saturated carbocycles. The number of carbonyl (C=O) groups is 1. The fourth-order valence-electron chi connectivity index (χ4n) is 1.16. The van der Waals surface area contributed by atoms with Crippen LogP contribution in [0.25, 0.3) is 11.4 Å². The second kappa shape index (κ2) is 4.28. The minimum absolute atomic E-state index is 0.0827. The van der Waals surface area contributed by atoms with E-state index in [9.17, 15) is 4.79 Å². The van der Waals surface area contributed by atoms with Gasteiger partial charge in [-0.05, 0) is 29.5 Å². The van der Waals surface area contributed by atoms with Crippen molar-refractivity contribution in [2.45, 2.75) is 6.54 Å². The number of primary amides is 1. The maximum Gasteiger partial charge on any atom is 0.241 e. The number of nitrogens with zero attached hydrogens (tertiary/aromatic N) is 4. The van der Waals surface area contributed by atoms with Gasteiger partial charge < -0.3 is 5.73 Å². The van der Waals surface area contributed by atoms with Crippen molar-refractivity contribution in [3.8, 4) is 11.4 Å². The Labute approximate surface area is 96.0 Å². The van der Waals surface area contributed by atoms with Gasteiger partial charge in [-0.1, -0.05) is 11.6 Å². The SMILES string of the molecule is NC(=O)Cn1nnc(-c2ccc(Cl)cc2)n1. The van der Waals surface area contributed by atoms with E-state index in [1.165, 1.54) is 0 Å². The molecular formula is C9H8ClN5O. The van der Waals surface area contributed by atoms with Crippen LogP contribution in [0.15, 0.2) is 24.3 Å². The zero-order chi connectivity index (χ0) is 11.5. The first kappa shape index (κ1) is 10.6. The number of rotatable bonds is 3. The van der Waals surface area contributed by atoms with Gasteiger partial charge in [0.05, 0.1) is 0 Å². The molecule has 1 heterocycles. The van der Waals surface area contributed by atoms with Gasteiger partial charge in [0, 0.05) is 10.6 Å². The standard InChI is InChI=1S/C9H8ClN5O/c10-7-3-1-6(2-4-7)9-12-14-15(13-9)5-8(11)16/h1-4H,5H2,(H2,11,16). The van der Waals surface area contributed by atoms with Crippen LogP contribution in [0.3, 0.4) is 0 Å². The molecule has 0 unspecified atom stereocenters. The number of hydrogen-bond acceptors (Lipinski definition) is 4. The van der Waals surface area contributed by atoms with Gasteiger partial charge in [-0.25, -0.2) is 0 Å². The summed E-state index contributed by atoms with van der Waals surface area (Å²) in [6.45, 7) is -0.0827. The van der Waals surface area contributed by atoms with Gasteiger partial charge in [0.25, 0.3) is 0 Å². The molecule has 0 atom stereocenters. The van der Waals surface area contributed by atoms with Crippen LogP contribution in [0, 0.1) is 0 Å². The zero-order valence-corrected chi connectivity index (χ0v) is 8.92. The fourth-order valence-corrected chi connectivity index (χ4v) is 1.29. The first-order valence-corrected chi connectivity index (χ1v) is 4.85. The van der Waals surface area contributed by atoms with E-state index in [1.54, 1.807) is 24.3 Å². The summed E-state index contributed by atoms with van der Waals surface area (Å²) in [7, 11) is 0. The number of aromatic nitrogens is 4. The third-order valence-electron chi connectivity index (χ3n) is 1.85. The Balaban J connectivity index is 2.24. The Morgan fingerprint density at radius 2 is 2.06 bits per heavy atom. The Bertz CT molecular complexity index is 507. The lowest BCUT2D eigenvalue weighted by molar-refractivity contribution is -0.118. The van der Waals surface area contributed by atoms with E-state index in [4.69, 9.17) is 17.3 Å². The van der Waals surface area contributed by atoms with E-state index in [0.29, 0.717) is 10.8 Å². The molecule has 0 saturated heterocycles. The van der Waals surface area contributed by atoms with E-state index >= 15 is 0 Å². The Morgan fingerprint density at radius 3 is 2.69 bits per heavy atom. The van der Waals surface area contributed by atoms with E-state index in [1.807, 2.05) is 0 Å². The molecule has 6 nitrogen and oxygen atoms in total. The highest BCUT2D eigenvalue weighted by atomic mass is 35.5. The average Bonchev–Trinajstić information content (AvgIpc) is 2.66. The molecule has 0 aliphatic carbocycles. The van der Waals surface area contributed by atoms with Crippen molar-refractivity contribution in [1.82, 2.24) is 20.2 Å². The number of hydrogen-bond donors (Lipinski definition) is 1. The van der Waals surface area contributed by atoms with Crippen LogP contribution in [-0.2, 0) is 11.3 Å². The Morgan fingerprint density at radius 1 is 1.38 bits per heavy atom. The van der Waals surface area contributed by atoms with Crippen molar-refractivity contribution in [1.29, 1.82) is 0 Å². The summed E-state index contributed by atoms with van der Waals surface area (Å²) in [6.07, 6.45) is 0. The van der Waals surface area contributed by atoms with E-state index < -0.39 is 5.91 Å². The highest BCUT2D eigenvalue weighted by molar-refractivity contribution is 6.30. The van der Waals surface area contributed by atoms with Gasteiger partial charge in [-0.2, -0.15) is 4.80 Å². The van der Waals surface area contributed by atoms with Crippen LogP contribution in [-0.4, -0.2) is 26.1 Å². The van der Waals surface area contributed by atoms with Gasteiger partial charge in [0.2, 0.25) is 11.7 Å². The van der Waals surface area contributed by atoms with Crippen LogP contribution in [0.2, 0.25) is 5.02 Å². The third-order valence-corrected chi connectivity index (χ3v) is 2.10. The quantitative estimate of drug-likeness (QED) is 0.841. The topological polar surface area (TPSA) is 86.7 Å². The molecule has 1 amide bonds. The van der Waals surface area contributed by atoms with Crippen molar-refractivity contribution >= 4 is 17.5 Å². The number of tetrazole rings is 1. The molecule has 2 rings (SSSR count). The summed E-state index contributed by atoms with van der Waals surface area (Å²) in [5.74, 6) is -0.0852. The normalized spacial score (nSPS) is 10.3. The number of halogens is 1. The summed E-state index contributed by atoms with van der Waals surface area (Å²) in [5.41, 5.74) is 5.79. The molecule has 1 aromatic heterocycles. The molecule has 0 fully saturated rings.